The Balaban J connectivity index is 1.41. The maximum absolute atomic E-state index is 12.7. The van der Waals surface area contributed by atoms with Gasteiger partial charge in [-0.1, -0.05) is 6.92 Å². The number of nitrogens with two attached hydrogens (primary N) is 1. The standard InChI is InChI=1S/C19H25N3O4/c1-11-2-4-13(5-3-11)22-9-12(6-18(22)23)19(24)21-15-8-17-16(7-14(15)20)25-10-26-17/h7-8,11-13H,2-6,9-10,20H2,1H3,(H,21,24). The summed E-state index contributed by atoms with van der Waals surface area (Å²) in [6, 6.07) is 3.60. The van der Waals surface area contributed by atoms with E-state index >= 15 is 0 Å². The van der Waals surface area contributed by atoms with Crippen LogP contribution in [0.25, 0.3) is 0 Å². The molecule has 1 saturated heterocycles. The largest absolute Gasteiger partial charge is 0.454 e. The van der Waals surface area contributed by atoms with Crippen LogP contribution in [0, 0.1) is 11.8 Å². The van der Waals surface area contributed by atoms with Gasteiger partial charge in [0.1, 0.15) is 0 Å². The van der Waals surface area contributed by atoms with Gasteiger partial charge in [0.2, 0.25) is 18.6 Å². The number of carbonyl (C=O) groups is 2. The van der Waals surface area contributed by atoms with Gasteiger partial charge in [-0.05, 0) is 31.6 Å². The second kappa shape index (κ2) is 6.70. The number of anilines is 2. The second-order valence-corrected chi connectivity index (χ2v) is 7.64. The van der Waals surface area contributed by atoms with Crippen molar-refractivity contribution < 1.29 is 19.1 Å². The summed E-state index contributed by atoms with van der Waals surface area (Å²) in [4.78, 5) is 27.0. The molecule has 4 rings (SSSR count). The van der Waals surface area contributed by atoms with Crippen LogP contribution in [0.2, 0.25) is 0 Å². The summed E-state index contributed by atoms with van der Waals surface area (Å²) in [5.41, 5.74) is 6.92. The van der Waals surface area contributed by atoms with E-state index in [2.05, 4.69) is 12.2 Å². The molecule has 0 aromatic heterocycles. The van der Waals surface area contributed by atoms with Crippen LogP contribution in [0.4, 0.5) is 11.4 Å². The van der Waals surface area contributed by atoms with Gasteiger partial charge in [0.05, 0.1) is 17.3 Å². The SMILES string of the molecule is CC1CCC(N2CC(C(=O)Nc3cc4c(cc3N)OCO4)CC2=O)CC1. The number of nitrogens with one attached hydrogen (secondary N) is 1. The lowest BCUT2D eigenvalue weighted by Crippen LogP contribution is -2.39. The first-order valence-corrected chi connectivity index (χ1v) is 9.30. The van der Waals surface area contributed by atoms with Gasteiger partial charge in [-0.15, -0.1) is 0 Å². The highest BCUT2D eigenvalue weighted by atomic mass is 16.7. The third kappa shape index (κ3) is 3.18. The summed E-state index contributed by atoms with van der Waals surface area (Å²) in [5.74, 6) is 1.45. The monoisotopic (exact) mass is 359 g/mol. The molecule has 1 unspecified atom stereocenters. The van der Waals surface area contributed by atoms with Crippen molar-refractivity contribution in [1.82, 2.24) is 4.90 Å². The lowest BCUT2D eigenvalue weighted by molar-refractivity contribution is -0.130. The summed E-state index contributed by atoms with van der Waals surface area (Å²) in [6.45, 7) is 2.90. The zero-order chi connectivity index (χ0) is 18.3. The summed E-state index contributed by atoms with van der Waals surface area (Å²) >= 11 is 0. The van der Waals surface area contributed by atoms with Crippen LogP contribution in [-0.4, -0.2) is 36.1 Å². The van der Waals surface area contributed by atoms with Crippen molar-refractivity contribution in [2.45, 2.75) is 45.1 Å². The molecule has 3 N–H and O–H groups in total. The summed E-state index contributed by atoms with van der Waals surface area (Å²) in [7, 11) is 0. The summed E-state index contributed by atoms with van der Waals surface area (Å²) in [5, 5.41) is 2.85. The fraction of sp³-hybridized carbons (Fsp3) is 0.579. The van der Waals surface area contributed by atoms with Gasteiger partial charge in [-0.25, -0.2) is 0 Å². The Morgan fingerprint density at radius 2 is 1.88 bits per heavy atom. The Labute approximate surface area is 152 Å². The fourth-order valence-electron chi connectivity index (χ4n) is 4.12. The number of carbonyl (C=O) groups excluding carboxylic acids is 2. The molecule has 2 amide bonds. The first-order chi connectivity index (χ1) is 12.5. The number of likely N-dealkylation sites (tertiary alicyclic amines) is 1. The average molecular weight is 359 g/mol. The van der Waals surface area contributed by atoms with Crippen LogP contribution >= 0.6 is 0 Å². The number of amides is 2. The van der Waals surface area contributed by atoms with E-state index < -0.39 is 0 Å². The van der Waals surface area contributed by atoms with E-state index in [1.807, 2.05) is 4.90 Å². The highest BCUT2D eigenvalue weighted by molar-refractivity contribution is 5.99. The molecule has 3 aliphatic rings. The first kappa shape index (κ1) is 17.0. The van der Waals surface area contributed by atoms with Crippen molar-refractivity contribution in [2.24, 2.45) is 11.8 Å². The van der Waals surface area contributed by atoms with Crippen LogP contribution in [0.3, 0.4) is 0 Å². The number of hydrogen-bond donors (Lipinski definition) is 2. The van der Waals surface area contributed by atoms with Crippen molar-refractivity contribution in [3.05, 3.63) is 12.1 Å². The zero-order valence-corrected chi connectivity index (χ0v) is 15.0. The van der Waals surface area contributed by atoms with Crippen molar-refractivity contribution >= 4 is 23.2 Å². The maximum Gasteiger partial charge on any atom is 0.231 e. The van der Waals surface area contributed by atoms with E-state index in [0.29, 0.717) is 29.4 Å². The number of benzene rings is 1. The van der Waals surface area contributed by atoms with Gasteiger partial charge in [-0.3, -0.25) is 9.59 Å². The van der Waals surface area contributed by atoms with E-state index in [1.165, 1.54) is 0 Å². The van der Waals surface area contributed by atoms with E-state index in [-0.39, 0.29) is 37.0 Å². The lowest BCUT2D eigenvalue weighted by atomic mass is 9.87. The molecule has 2 aliphatic heterocycles. The summed E-state index contributed by atoms with van der Waals surface area (Å²) < 4.78 is 10.6. The molecule has 1 aromatic carbocycles. The molecule has 140 valence electrons. The van der Waals surface area contributed by atoms with Crippen LogP contribution in [0.15, 0.2) is 12.1 Å². The molecule has 7 heteroatoms. The zero-order valence-electron chi connectivity index (χ0n) is 15.0. The van der Waals surface area contributed by atoms with Gasteiger partial charge in [0.15, 0.2) is 11.5 Å². The quantitative estimate of drug-likeness (QED) is 0.808. The van der Waals surface area contributed by atoms with Gasteiger partial charge in [-0.2, -0.15) is 0 Å². The first-order valence-electron chi connectivity index (χ1n) is 9.30. The molecule has 1 atom stereocenters. The van der Waals surface area contributed by atoms with Crippen LogP contribution < -0.4 is 20.5 Å². The lowest BCUT2D eigenvalue weighted by Gasteiger charge is -2.33. The van der Waals surface area contributed by atoms with Gasteiger partial charge in [0, 0.05) is 31.1 Å². The topological polar surface area (TPSA) is 93.9 Å². The van der Waals surface area contributed by atoms with E-state index in [0.717, 1.165) is 31.6 Å². The number of nitrogen functional groups attached to an aromatic ring is 1. The van der Waals surface area contributed by atoms with Crippen LogP contribution in [0.1, 0.15) is 39.0 Å². The molecule has 1 saturated carbocycles. The number of nitrogens with zero attached hydrogens (tertiary/aromatic N) is 1. The Morgan fingerprint density at radius 3 is 2.62 bits per heavy atom. The summed E-state index contributed by atoms with van der Waals surface area (Å²) in [6.07, 6.45) is 4.65. The molecule has 2 heterocycles. The van der Waals surface area contributed by atoms with Crippen molar-refractivity contribution in [2.75, 3.05) is 24.4 Å². The molecular weight excluding hydrogens is 334 g/mol. The molecule has 1 aromatic rings. The third-order valence-electron chi connectivity index (χ3n) is 5.76. The number of rotatable bonds is 3. The Morgan fingerprint density at radius 1 is 1.19 bits per heavy atom. The molecule has 0 bridgehead atoms. The van der Waals surface area contributed by atoms with E-state index in [1.54, 1.807) is 12.1 Å². The molecule has 0 spiro atoms. The van der Waals surface area contributed by atoms with Gasteiger partial charge in [0.25, 0.3) is 0 Å². The second-order valence-electron chi connectivity index (χ2n) is 7.64. The predicted octanol–water partition coefficient (Wildman–Crippen LogP) is 2.36. The normalized spacial score (nSPS) is 27.7. The third-order valence-corrected chi connectivity index (χ3v) is 5.76. The molecule has 7 nitrogen and oxygen atoms in total. The number of ether oxygens (including phenoxy) is 2. The molecule has 2 fully saturated rings. The molecule has 0 radical (unpaired) electrons. The van der Waals surface area contributed by atoms with E-state index in [4.69, 9.17) is 15.2 Å². The predicted molar refractivity (Wildman–Crippen MR) is 96.8 cm³/mol. The minimum Gasteiger partial charge on any atom is -0.454 e. The highest BCUT2D eigenvalue weighted by Crippen LogP contribution is 2.39. The molecular formula is C19H25N3O4. The number of fused-ring (bicyclic) bond motifs is 1. The van der Waals surface area contributed by atoms with Crippen molar-refractivity contribution in [1.29, 1.82) is 0 Å². The van der Waals surface area contributed by atoms with Crippen LogP contribution in [-0.2, 0) is 9.59 Å². The Bertz CT molecular complexity index is 728. The average Bonchev–Trinajstić information content (AvgIpc) is 3.22. The smallest absolute Gasteiger partial charge is 0.231 e. The van der Waals surface area contributed by atoms with Crippen molar-refractivity contribution in [3.8, 4) is 11.5 Å². The Hall–Kier alpha value is -2.44. The maximum atomic E-state index is 12.7. The minimum atomic E-state index is -0.341. The highest BCUT2D eigenvalue weighted by Gasteiger charge is 2.38. The van der Waals surface area contributed by atoms with Gasteiger partial charge < -0.3 is 25.4 Å². The van der Waals surface area contributed by atoms with Gasteiger partial charge >= 0.3 is 0 Å². The minimum absolute atomic E-state index is 0.0864. The fourth-order valence-corrected chi connectivity index (χ4v) is 4.12. The number of hydrogen-bond acceptors (Lipinski definition) is 5. The van der Waals surface area contributed by atoms with E-state index in [9.17, 15) is 9.59 Å². The van der Waals surface area contributed by atoms with Crippen LogP contribution in [0.5, 0.6) is 11.5 Å². The Kier molecular flexibility index (Phi) is 4.38. The molecule has 1 aliphatic carbocycles. The molecule has 26 heavy (non-hydrogen) atoms. The van der Waals surface area contributed by atoms with Crippen molar-refractivity contribution in [3.63, 3.8) is 0 Å².